The third kappa shape index (κ3) is 1.94. The second-order valence-electron chi connectivity index (χ2n) is 2.75. The number of hydrogen-bond donors (Lipinski definition) is 0. The summed E-state index contributed by atoms with van der Waals surface area (Å²) < 4.78 is 5.38. The Kier molecular flexibility index (Phi) is 3.26. The lowest BCUT2D eigenvalue weighted by Crippen LogP contribution is -2.04. The molecule has 0 bridgehead atoms. The highest BCUT2D eigenvalue weighted by molar-refractivity contribution is 9.10. The summed E-state index contributed by atoms with van der Waals surface area (Å²) in [6, 6.07) is 5.19. The van der Waals surface area contributed by atoms with Crippen molar-refractivity contribution >= 4 is 21.9 Å². The third-order valence-corrected chi connectivity index (χ3v) is 2.68. The molecule has 3 nitrogen and oxygen atoms in total. The van der Waals surface area contributed by atoms with Gasteiger partial charge in [-0.3, -0.25) is 0 Å². The molecule has 72 valence electrons. The number of methoxy groups -OCH3 is 1. The fraction of sp³-hybridized carbons (Fsp3) is 0.200. The van der Waals surface area contributed by atoms with Crippen LogP contribution in [0.25, 0.3) is 0 Å². The molecule has 0 aliphatic carbocycles. The van der Waals surface area contributed by atoms with E-state index in [-0.39, 0.29) is 0 Å². The molecule has 1 rings (SSSR count). The van der Waals surface area contributed by atoms with Gasteiger partial charge in [-0.25, -0.2) is 4.79 Å². The molecule has 0 unspecified atom stereocenters. The van der Waals surface area contributed by atoms with E-state index in [0.717, 1.165) is 10.0 Å². The molecule has 0 spiro atoms. The van der Waals surface area contributed by atoms with Crippen LogP contribution in [0.3, 0.4) is 0 Å². The first-order valence-corrected chi connectivity index (χ1v) is 4.68. The first kappa shape index (κ1) is 10.7. The molecule has 1 aromatic rings. The molecule has 0 N–H and O–H groups in total. The second-order valence-corrected chi connectivity index (χ2v) is 3.60. The summed E-state index contributed by atoms with van der Waals surface area (Å²) in [5.74, 6) is -0.489. The molecule has 0 aromatic heterocycles. The fourth-order valence-electron chi connectivity index (χ4n) is 1.05. The van der Waals surface area contributed by atoms with E-state index in [0.29, 0.717) is 11.1 Å². The van der Waals surface area contributed by atoms with Crippen molar-refractivity contribution in [2.45, 2.75) is 6.92 Å². The number of benzene rings is 1. The molecule has 1 aromatic carbocycles. The van der Waals surface area contributed by atoms with E-state index in [1.54, 1.807) is 12.1 Å². The molecule has 0 amide bonds. The van der Waals surface area contributed by atoms with Crippen molar-refractivity contribution in [3.63, 3.8) is 0 Å². The van der Waals surface area contributed by atoms with Gasteiger partial charge in [0, 0.05) is 4.47 Å². The van der Waals surface area contributed by atoms with Gasteiger partial charge in [0.1, 0.15) is 6.07 Å². The maximum atomic E-state index is 11.3. The maximum Gasteiger partial charge on any atom is 0.339 e. The molecule has 0 fully saturated rings. The van der Waals surface area contributed by atoms with E-state index in [9.17, 15) is 4.79 Å². The van der Waals surface area contributed by atoms with E-state index in [2.05, 4.69) is 20.7 Å². The van der Waals surface area contributed by atoms with E-state index in [4.69, 9.17) is 5.26 Å². The molecular weight excluding hydrogens is 246 g/mol. The van der Waals surface area contributed by atoms with Crippen LogP contribution in [0, 0.1) is 18.3 Å². The highest BCUT2D eigenvalue weighted by Crippen LogP contribution is 2.21. The zero-order valence-corrected chi connectivity index (χ0v) is 9.38. The topological polar surface area (TPSA) is 50.1 Å². The Balaban J connectivity index is 3.36. The Bertz CT molecular complexity index is 421. The number of nitriles is 1. The number of nitrogens with zero attached hydrogens (tertiary/aromatic N) is 1. The average molecular weight is 254 g/mol. The van der Waals surface area contributed by atoms with Crippen LogP contribution in [0.1, 0.15) is 21.5 Å². The number of esters is 1. The van der Waals surface area contributed by atoms with Crippen LogP contribution in [0.15, 0.2) is 16.6 Å². The van der Waals surface area contributed by atoms with E-state index in [1.807, 2.05) is 13.0 Å². The molecule has 0 saturated carbocycles. The summed E-state index contributed by atoms with van der Waals surface area (Å²) >= 11 is 3.29. The number of carbonyl (C=O) groups is 1. The minimum Gasteiger partial charge on any atom is -0.465 e. The Morgan fingerprint density at radius 3 is 2.71 bits per heavy atom. The van der Waals surface area contributed by atoms with Crippen LogP contribution in [-0.4, -0.2) is 13.1 Å². The zero-order valence-electron chi connectivity index (χ0n) is 7.80. The maximum absolute atomic E-state index is 11.3. The van der Waals surface area contributed by atoms with Gasteiger partial charge in [0.25, 0.3) is 0 Å². The summed E-state index contributed by atoms with van der Waals surface area (Å²) in [5.41, 5.74) is 1.51. The van der Waals surface area contributed by atoms with Crippen molar-refractivity contribution in [1.29, 1.82) is 5.26 Å². The molecule has 0 atom stereocenters. The highest BCUT2D eigenvalue weighted by atomic mass is 79.9. The van der Waals surface area contributed by atoms with Crippen molar-refractivity contribution in [3.05, 3.63) is 33.3 Å². The summed E-state index contributed by atoms with van der Waals surface area (Å²) in [5, 5.41) is 8.80. The van der Waals surface area contributed by atoms with Gasteiger partial charge < -0.3 is 4.74 Å². The Hall–Kier alpha value is -1.34. The summed E-state index contributed by atoms with van der Waals surface area (Å²) in [6.45, 7) is 1.84. The minimum atomic E-state index is -0.489. The molecule has 0 aliphatic rings. The van der Waals surface area contributed by atoms with Crippen LogP contribution in [0.5, 0.6) is 0 Å². The normalized spacial score (nSPS) is 9.29. The molecule has 4 heteroatoms. The average Bonchev–Trinajstić information content (AvgIpc) is 2.20. The monoisotopic (exact) mass is 253 g/mol. The quantitative estimate of drug-likeness (QED) is 0.723. The van der Waals surface area contributed by atoms with Crippen LogP contribution in [-0.2, 0) is 4.74 Å². The van der Waals surface area contributed by atoms with Gasteiger partial charge in [-0.2, -0.15) is 5.26 Å². The Morgan fingerprint density at radius 1 is 1.57 bits per heavy atom. The summed E-state index contributed by atoms with van der Waals surface area (Å²) in [6.07, 6.45) is 0. The predicted octanol–water partition coefficient (Wildman–Crippen LogP) is 2.42. The van der Waals surface area contributed by atoms with E-state index < -0.39 is 5.97 Å². The summed E-state index contributed by atoms with van der Waals surface area (Å²) in [7, 11) is 1.29. The van der Waals surface area contributed by atoms with Crippen LogP contribution in [0.2, 0.25) is 0 Å². The molecule has 0 aliphatic heterocycles. The van der Waals surface area contributed by atoms with Gasteiger partial charge in [-0.15, -0.1) is 0 Å². The van der Waals surface area contributed by atoms with Gasteiger partial charge >= 0.3 is 5.97 Å². The molecular formula is C10H8BrNO2. The molecule has 14 heavy (non-hydrogen) atoms. The zero-order chi connectivity index (χ0) is 10.7. The van der Waals surface area contributed by atoms with Crippen molar-refractivity contribution in [2.75, 3.05) is 7.11 Å². The van der Waals surface area contributed by atoms with Gasteiger partial charge in [0.2, 0.25) is 0 Å². The summed E-state index contributed by atoms with van der Waals surface area (Å²) in [4.78, 5) is 11.3. The third-order valence-electron chi connectivity index (χ3n) is 1.82. The van der Waals surface area contributed by atoms with Crippen molar-refractivity contribution in [2.24, 2.45) is 0 Å². The van der Waals surface area contributed by atoms with E-state index in [1.165, 1.54) is 7.11 Å². The number of ether oxygens (including phenoxy) is 1. The number of hydrogen-bond acceptors (Lipinski definition) is 3. The Morgan fingerprint density at radius 2 is 2.21 bits per heavy atom. The van der Waals surface area contributed by atoms with Crippen molar-refractivity contribution in [1.82, 2.24) is 0 Å². The van der Waals surface area contributed by atoms with Crippen LogP contribution in [0.4, 0.5) is 0 Å². The van der Waals surface area contributed by atoms with Gasteiger partial charge in [0.05, 0.1) is 18.2 Å². The number of rotatable bonds is 1. The number of carbonyl (C=O) groups excluding carboxylic acids is 1. The lowest BCUT2D eigenvalue weighted by Gasteiger charge is -2.04. The van der Waals surface area contributed by atoms with Gasteiger partial charge in [-0.05, 0) is 24.6 Å². The standard InChI is InChI=1S/C10H8BrNO2/c1-6-3-8(10(13)14-2)7(5-12)4-9(6)11/h3-4H,1-2H3. The van der Waals surface area contributed by atoms with E-state index >= 15 is 0 Å². The van der Waals surface area contributed by atoms with Gasteiger partial charge in [-0.1, -0.05) is 15.9 Å². The molecule has 0 heterocycles. The largest absolute Gasteiger partial charge is 0.465 e. The SMILES string of the molecule is COC(=O)c1cc(C)c(Br)cc1C#N. The lowest BCUT2D eigenvalue weighted by molar-refractivity contribution is 0.0600. The molecule has 0 radical (unpaired) electrons. The van der Waals surface area contributed by atoms with Crippen LogP contribution < -0.4 is 0 Å². The highest BCUT2D eigenvalue weighted by Gasteiger charge is 2.13. The lowest BCUT2D eigenvalue weighted by atomic mass is 10.1. The smallest absolute Gasteiger partial charge is 0.339 e. The van der Waals surface area contributed by atoms with Crippen LogP contribution >= 0.6 is 15.9 Å². The first-order valence-electron chi connectivity index (χ1n) is 3.88. The fourth-order valence-corrected chi connectivity index (χ4v) is 1.40. The Labute approximate surface area is 90.4 Å². The van der Waals surface area contributed by atoms with Crippen molar-refractivity contribution in [3.8, 4) is 6.07 Å². The predicted molar refractivity (Wildman–Crippen MR) is 54.9 cm³/mol. The van der Waals surface area contributed by atoms with Gasteiger partial charge in [0.15, 0.2) is 0 Å². The second kappa shape index (κ2) is 4.25. The van der Waals surface area contributed by atoms with Crippen molar-refractivity contribution < 1.29 is 9.53 Å². The number of aryl methyl sites for hydroxylation is 1. The minimum absolute atomic E-state index is 0.302. The molecule has 0 saturated heterocycles. The number of halogens is 1. The first-order chi connectivity index (χ1) is 6.60.